The summed E-state index contributed by atoms with van der Waals surface area (Å²) in [6.45, 7) is 2.89. The molecule has 2 atom stereocenters. The molecule has 0 saturated carbocycles. The van der Waals surface area contributed by atoms with E-state index in [9.17, 15) is 14.4 Å². The van der Waals surface area contributed by atoms with E-state index in [-0.39, 0.29) is 12.8 Å². The van der Waals surface area contributed by atoms with Gasteiger partial charge in [0.1, 0.15) is 0 Å². The summed E-state index contributed by atoms with van der Waals surface area (Å²) in [5.41, 5.74) is 0. The molecular formula is C9H13NO5. The van der Waals surface area contributed by atoms with Gasteiger partial charge < -0.3 is 9.94 Å². The Kier molecular flexibility index (Phi) is 3.41. The van der Waals surface area contributed by atoms with Crippen LogP contribution in [0.15, 0.2) is 0 Å². The van der Waals surface area contributed by atoms with Crippen LogP contribution in [-0.4, -0.2) is 34.1 Å². The van der Waals surface area contributed by atoms with E-state index in [0.717, 1.165) is 0 Å². The highest BCUT2D eigenvalue weighted by Crippen LogP contribution is 2.14. The minimum atomic E-state index is -0.884. The smallest absolute Gasteiger partial charge is 0.338 e. The van der Waals surface area contributed by atoms with Gasteiger partial charge in [-0.3, -0.25) is 9.59 Å². The van der Waals surface area contributed by atoms with Gasteiger partial charge in [0.25, 0.3) is 11.8 Å². The molecule has 1 rings (SSSR count). The number of aliphatic hydroxyl groups excluding tert-OH is 1. The van der Waals surface area contributed by atoms with Crippen LogP contribution < -0.4 is 0 Å². The Bertz CT molecular complexity index is 283. The first-order valence-electron chi connectivity index (χ1n) is 4.69. The number of hydrogen-bond donors (Lipinski definition) is 1. The monoisotopic (exact) mass is 215 g/mol. The van der Waals surface area contributed by atoms with Gasteiger partial charge in [-0.25, -0.2) is 4.79 Å². The zero-order valence-electron chi connectivity index (χ0n) is 8.60. The molecule has 2 amide bonds. The summed E-state index contributed by atoms with van der Waals surface area (Å²) in [6.07, 6.45) is -0.755. The van der Waals surface area contributed by atoms with Crippen LogP contribution in [0.1, 0.15) is 26.7 Å². The van der Waals surface area contributed by atoms with Crippen LogP contribution in [-0.2, 0) is 19.2 Å². The molecule has 1 aliphatic rings. The zero-order valence-corrected chi connectivity index (χ0v) is 8.60. The lowest BCUT2D eigenvalue weighted by atomic mass is 10.1. The molecule has 0 aromatic carbocycles. The molecule has 6 nitrogen and oxygen atoms in total. The number of nitrogens with zero attached hydrogens (tertiary/aromatic N) is 1. The summed E-state index contributed by atoms with van der Waals surface area (Å²) >= 11 is 0. The molecule has 1 fully saturated rings. The van der Waals surface area contributed by atoms with Gasteiger partial charge in [0, 0.05) is 12.8 Å². The fraction of sp³-hybridized carbons (Fsp3) is 0.667. The maximum Gasteiger partial charge on any atom is 0.338 e. The van der Waals surface area contributed by atoms with Crippen LogP contribution in [0.25, 0.3) is 0 Å². The summed E-state index contributed by atoms with van der Waals surface area (Å²) in [6, 6.07) is 0. The highest BCUT2D eigenvalue weighted by atomic mass is 16.7. The molecule has 0 bridgehead atoms. The Morgan fingerprint density at radius 3 is 2.20 bits per heavy atom. The molecule has 1 saturated heterocycles. The molecule has 0 spiro atoms. The number of carbonyl (C=O) groups excluding carboxylic acids is 3. The number of carbonyl (C=O) groups is 3. The number of hydrogen-bond acceptors (Lipinski definition) is 5. The maximum atomic E-state index is 11.3. The molecule has 1 aliphatic heterocycles. The maximum absolute atomic E-state index is 11.3. The van der Waals surface area contributed by atoms with Crippen LogP contribution in [0, 0.1) is 5.92 Å². The Morgan fingerprint density at radius 2 is 1.80 bits per heavy atom. The van der Waals surface area contributed by atoms with Gasteiger partial charge in [-0.2, -0.15) is 0 Å². The molecule has 84 valence electrons. The van der Waals surface area contributed by atoms with Crippen molar-refractivity contribution in [3.8, 4) is 0 Å². The van der Waals surface area contributed by atoms with Crippen molar-refractivity contribution in [2.75, 3.05) is 0 Å². The van der Waals surface area contributed by atoms with Crippen LogP contribution in [0.3, 0.4) is 0 Å². The van der Waals surface area contributed by atoms with Crippen molar-refractivity contribution in [1.29, 1.82) is 0 Å². The molecule has 1 N–H and O–H groups in total. The van der Waals surface area contributed by atoms with Crippen molar-refractivity contribution >= 4 is 17.8 Å². The van der Waals surface area contributed by atoms with Crippen molar-refractivity contribution in [1.82, 2.24) is 5.06 Å². The number of amides is 2. The molecule has 0 aliphatic carbocycles. The minimum Gasteiger partial charge on any atom is -0.393 e. The van der Waals surface area contributed by atoms with E-state index in [0.29, 0.717) is 5.06 Å². The highest BCUT2D eigenvalue weighted by molar-refractivity contribution is 6.01. The van der Waals surface area contributed by atoms with Gasteiger partial charge in [0.05, 0.1) is 12.0 Å². The highest BCUT2D eigenvalue weighted by Gasteiger charge is 2.34. The fourth-order valence-electron chi connectivity index (χ4n) is 1.03. The first-order chi connectivity index (χ1) is 6.93. The van der Waals surface area contributed by atoms with Crippen molar-refractivity contribution in [2.24, 2.45) is 5.92 Å². The van der Waals surface area contributed by atoms with Gasteiger partial charge >= 0.3 is 5.97 Å². The van der Waals surface area contributed by atoms with E-state index < -0.39 is 29.8 Å². The summed E-state index contributed by atoms with van der Waals surface area (Å²) in [5, 5.41) is 9.58. The topological polar surface area (TPSA) is 83.9 Å². The predicted octanol–water partition coefficient (Wildman–Crippen LogP) is -0.389. The second kappa shape index (κ2) is 4.39. The predicted molar refractivity (Wildman–Crippen MR) is 48.0 cm³/mol. The van der Waals surface area contributed by atoms with E-state index in [1.165, 1.54) is 13.8 Å². The largest absolute Gasteiger partial charge is 0.393 e. The summed E-state index contributed by atoms with van der Waals surface area (Å²) in [4.78, 5) is 38.1. The Morgan fingerprint density at radius 1 is 1.33 bits per heavy atom. The van der Waals surface area contributed by atoms with Gasteiger partial charge in [0.15, 0.2) is 0 Å². The third kappa shape index (κ3) is 2.53. The van der Waals surface area contributed by atoms with Gasteiger partial charge in [-0.05, 0) is 13.8 Å². The second-order valence-electron chi connectivity index (χ2n) is 3.52. The molecule has 0 aromatic rings. The molecule has 6 heteroatoms. The van der Waals surface area contributed by atoms with E-state index in [2.05, 4.69) is 4.84 Å². The fourth-order valence-corrected chi connectivity index (χ4v) is 1.03. The lowest BCUT2D eigenvalue weighted by Gasteiger charge is -2.17. The van der Waals surface area contributed by atoms with Crippen molar-refractivity contribution < 1.29 is 24.3 Å². The van der Waals surface area contributed by atoms with Crippen molar-refractivity contribution in [2.45, 2.75) is 32.8 Å². The standard InChI is InChI=1S/C9H13NO5/c1-5(6(2)11)9(14)15-10-7(12)3-4-8(10)13/h5-6,11H,3-4H2,1-2H3/t5-,6+/m0/s1. The SMILES string of the molecule is C[C@H](C(=O)ON1C(=O)CCC1=O)[C@@H](C)O. The zero-order chi connectivity index (χ0) is 11.6. The van der Waals surface area contributed by atoms with Gasteiger partial charge in [0.2, 0.25) is 0 Å². The normalized spacial score (nSPS) is 20.3. The van der Waals surface area contributed by atoms with Crippen LogP contribution >= 0.6 is 0 Å². The van der Waals surface area contributed by atoms with Gasteiger partial charge in [-0.15, -0.1) is 5.06 Å². The minimum absolute atomic E-state index is 0.0647. The molecule has 15 heavy (non-hydrogen) atoms. The van der Waals surface area contributed by atoms with Crippen LogP contribution in [0.5, 0.6) is 0 Å². The summed E-state index contributed by atoms with van der Waals surface area (Å²) in [7, 11) is 0. The van der Waals surface area contributed by atoms with Crippen LogP contribution in [0.2, 0.25) is 0 Å². The van der Waals surface area contributed by atoms with E-state index in [4.69, 9.17) is 5.11 Å². The molecule has 0 radical (unpaired) electrons. The molecule has 1 heterocycles. The lowest BCUT2D eigenvalue weighted by molar-refractivity contribution is -0.202. The van der Waals surface area contributed by atoms with Gasteiger partial charge in [-0.1, -0.05) is 0 Å². The van der Waals surface area contributed by atoms with E-state index in [1.807, 2.05) is 0 Å². The van der Waals surface area contributed by atoms with E-state index >= 15 is 0 Å². The molecular weight excluding hydrogens is 202 g/mol. The number of aliphatic hydroxyl groups is 1. The molecule has 0 unspecified atom stereocenters. The van der Waals surface area contributed by atoms with Crippen molar-refractivity contribution in [3.05, 3.63) is 0 Å². The van der Waals surface area contributed by atoms with Crippen LogP contribution in [0.4, 0.5) is 0 Å². The average Bonchev–Trinajstić information content (AvgIpc) is 2.47. The Hall–Kier alpha value is -1.43. The number of imide groups is 1. The lowest BCUT2D eigenvalue weighted by Crippen LogP contribution is -2.36. The van der Waals surface area contributed by atoms with E-state index in [1.54, 1.807) is 0 Å². The third-order valence-corrected chi connectivity index (χ3v) is 2.28. The second-order valence-corrected chi connectivity index (χ2v) is 3.52. The average molecular weight is 215 g/mol. The van der Waals surface area contributed by atoms with Crippen molar-refractivity contribution in [3.63, 3.8) is 0 Å². The number of rotatable bonds is 3. The quantitative estimate of drug-likeness (QED) is 0.648. The first-order valence-corrected chi connectivity index (χ1v) is 4.69. The Balaban J connectivity index is 2.58. The molecule has 0 aromatic heterocycles. The first kappa shape index (κ1) is 11.6. The number of hydroxylamine groups is 2. The summed E-state index contributed by atoms with van der Waals surface area (Å²) in [5.74, 6) is -2.60. The Labute approximate surface area is 86.8 Å². The summed E-state index contributed by atoms with van der Waals surface area (Å²) < 4.78 is 0. The third-order valence-electron chi connectivity index (χ3n) is 2.28.